The van der Waals surface area contributed by atoms with Crippen LogP contribution in [-0.2, 0) is 9.59 Å². The summed E-state index contributed by atoms with van der Waals surface area (Å²) < 4.78 is 11.6. The Morgan fingerprint density at radius 2 is 1.66 bits per heavy atom. The molecule has 1 unspecified atom stereocenters. The number of carbonyl (C=O) groups excluding carboxylic acids is 3. The number of anilines is 2. The summed E-state index contributed by atoms with van der Waals surface area (Å²) in [4.78, 5) is 45.4. The normalized spacial score (nSPS) is 11.9. The minimum absolute atomic E-state index is 0.00172. The number of nitrogens with zero attached hydrogens (tertiary/aromatic N) is 1. The number of hydrogen-bond acceptors (Lipinski definition) is 8. The van der Waals surface area contributed by atoms with E-state index in [1.165, 1.54) is 35.4 Å². The lowest BCUT2D eigenvalue weighted by Crippen LogP contribution is -2.30. The summed E-state index contributed by atoms with van der Waals surface area (Å²) in [7, 11) is 1.60. The molecule has 2 heterocycles. The van der Waals surface area contributed by atoms with E-state index < -0.39 is 17.1 Å². The Morgan fingerprint density at radius 3 is 2.40 bits per heavy atom. The fourth-order valence-corrected chi connectivity index (χ4v) is 6.58. The molecule has 6 rings (SSSR count). The summed E-state index contributed by atoms with van der Waals surface area (Å²) >= 11 is 2.71. The SMILES string of the molecule is COc1ccc2nc(NC(=O)C(Sc3cccc(NC(=O)/C(=C/c4ccco4)NC(=O)c4ccccc4)c3)c3ccccc3)sc2c1. The fourth-order valence-electron chi connectivity index (χ4n) is 4.60. The van der Waals surface area contributed by atoms with Gasteiger partial charge in [0.1, 0.15) is 22.5 Å². The smallest absolute Gasteiger partial charge is 0.272 e. The van der Waals surface area contributed by atoms with E-state index in [4.69, 9.17) is 9.15 Å². The van der Waals surface area contributed by atoms with Gasteiger partial charge in [0.15, 0.2) is 5.13 Å². The summed E-state index contributed by atoms with van der Waals surface area (Å²) in [5.41, 5.74) is 2.45. The van der Waals surface area contributed by atoms with Gasteiger partial charge in [0.2, 0.25) is 5.91 Å². The lowest BCUT2D eigenvalue weighted by molar-refractivity contribution is -0.116. The van der Waals surface area contributed by atoms with E-state index in [0.717, 1.165) is 20.7 Å². The lowest BCUT2D eigenvalue weighted by atomic mass is 10.1. The van der Waals surface area contributed by atoms with Crippen LogP contribution in [0.1, 0.15) is 26.9 Å². The molecule has 0 radical (unpaired) electrons. The summed E-state index contributed by atoms with van der Waals surface area (Å²) in [6.45, 7) is 0. The van der Waals surface area contributed by atoms with Gasteiger partial charge in [0, 0.05) is 22.2 Å². The van der Waals surface area contributed by atoms with Crippen molar-refractivity contribution in [1.82, 2.24) is 10.3 Å². The molecule has 0 saturated heterocycles. The minimum Gasteiger partial charge on any atom is -0.497 e. The summed E-state index contributed by atoms with van der Waals surface area (Å²) in [5.74, 6) is -0.110. The highest BCUT2D eigenvalue weighted by atomic mass is 32.2. The van der Waals surface area contributed by atoms with Gasteiger partial charge in [-0.05, 0) is 66.2 Å². The second-order valence-corrected chi connectivity index (χ2v) is 12.3. The highest BCUT2D eigenvalue weighted by Gasteiger charge is 2.24. The van der Waals surface area contributed by atoms with E-state index in [9.17, 15) is 14.4 Å². The van der Waals surface area contributed by atoms with Crippen LogP contribution in [0.2, 0.25) is 0 Å². The van der Waals surface area contributed by atoms with Crippen LogP contribution in [0.15, 0.2) is 137 Å². The van der Waals surface area contributed by atoms with Crippen LogP contribution in [0.25, 0.3) is 16.3 Å². The van der Waals surface area contributed by atoms with Gasteiger partial charge in [-0.25, -0.2) is 4.98 Å². The fraction of sp³-hybridized carbons (Fsp3) is 0.0556. The maximum atomic E-state index is 13.7. The van der Waals surface area contributed by atoms with E-state index in [1.807, 2.05) is 54.6 Å². The lowest BCUT2D eigenvalue weighted by Gasteiger charge is -2.17. The van der Waals surface area contributed by atoms with Crippen molar-refractivity contribution in [1.29, 1.82) is 0 Å². The Kier molecular flexibility index (Phi) is 9.75. The molecular weight excluding hydrogens is 633 g/mol. The summed E-state index contributed by atoms with van der Waals surface area (Å²) in [5, 5.41) is 8.40. The predicted molar refractivity (Wildman–Crippen MR) is 186 cm³/mol. The van der Waals surface area contributed by atoms with E-state index in [2.05, 4.69) is 20.9 Å². The molecule has 0 aliphatic rings. The number of carbonyl (C=O) groups is 3. The van der Waals surface area contributed by atoms with Crippen molar-refractivity contribution in [3.05, 3.63) is 144 Å². The molecule has 0 saturated carbocycles. The van der Waals surface area contributed by atoms with Crippen molar-refractivity contribution in [3.8, 4) is 5.75 Å². The Bertz CT molecular complexity index is 2040. The van der Waals surface area contributed by atoms with Crippen molar-refractivity contribution in [2.75, 3.05) is 17.7 Å². The molecule has 234 valence electrons. The average Bonchev–Trinajstić information content (AvgIpc) is 3.77. The minimum atomic E-state index is -0.622. The largest absolute Gasteiger partial charge is 0.497 e. The number of benzene rings is 4. The quantitative estimate of drug-likeness (QED) is 0.0958. The first-order valence-corrected chi connectivity index (χ1v) is 16.1. The van der Waals surface area contributed by atoms with Crippen LogP contribution in [0.3, 0.4) is 0 Å². The Labute approximate surface area is 278 Å². The first-order chi connectivity index (χ1) is 22.9. The van der Waals surface area contributed by atoms with E-state index >= 15 is 0 Å². The second kappa shape index (κ2) is 14.6. The van der Waals surface area contributed by atoms with Gasteiger partial charge in [-0.15, -0.1) is 11.8 Å². The highest BCUT2D eigenvalue weighted by Crippen LogP contribution is 2.38. The van der Waals surface area contributed by atoms with Gasteiger partial charge in [-0.2, -0.15) is 0 Å². The third kappa shape index (κ3) is 7.96. The summed E-state index contributed by atoms with van der Waals surface area (Å²) in [6.07, 6.45) is 2.94. The third-order valence-corrected chi connectivity index (χ3v) is 9.05. The molecule has 0 aliphatic heterocycles. The Morgan fingerprint density at radius 1 is 0.872 bits per heavy atom. The third-order valence-electron chi connectivity index (χ3n) is 6.87. The zero-order valence-electron chi connectivity index (χ0n) is 25.0. The molecule has 47 heavy (non-hydrogen) atoms. The molecule has 3 N–H and O–H groups in total. The molecule has 9 nitrogen and oxygen atoms in total. The molecule has 3 amide bonds. The first kappa shape index (κ1) is 31.3. The van der Waals surface area contributed by atoms with Crippen LogP contribution >= 0.6 is 23.1 Å². The molecule has 0 fully saturated rings. The number of ether oxygens (including phenoxy) is 1. The number of methoxy groups -OCH3 is 1. The number of thiazole rings is 1. The zero-order chi connectivity index (χ0) is 32.6. The zero-order valence-corrected chi connectivity index (χ0v) is 26.6. The molecule has 6 aromatic rings. The van der Waals surface area contributed by atoms with Crippen molar-refractivity contribution in [2.24, 2.45) is 0 Å². The first-order valence-electron chi connectivity index (χ1n) is 14.5. The number of hydrogen-bond donors (Lipinski definition) is 3. The van der Waals surface area contributed by atoms with Gasteiger partial charge < -0.3 is 25.1 Å². The monoisotopic (exact) mass is 660 g/mol. The number of nitrogens with one attached hydrogen (secondary N) is 3. The van der Waals surface area contributed by atoms with Crippen molar-refractivity contribution >= 4 is 67.9 Å². The average molecular weight is 661 g/mol. The predicted octanol–water partition coefficient (Wildman–Crippen LogP) is 7.78. The van der Waals surface area contributed by atoms with Crippen LogP contribution in [0, 0.1) is 0 Å². The van der Waals surface area contributed by atoms with Crippen molar-refractivity contribution < 1.29 is 23.5 Å². The number of rotatable bonds is 11. The highest BCUT2D eigenvalue weighted by molar-refractivity contribution is 8.00. The molecular formula is C36H28N4O5S2. The van der Waals surface area contributed by atoms with E-state index in [1.54, 1.807) is 67.8 Å². The van der Waals surface area contributed by atoms with Crippen LogP contribution in [-0.4, -0.2) is 29.8 Å². The molecule has 2 aromatic heterocycles. The molecule has 0 spiro atoms. The van der Waals surface area contributed by atoms with Crippen LogP contribution in [0.4, 0.5) is 10.8 Å². The van der Waals surface area contributed by atoms with Gasteiger partial charge in [0.05, 0.1) is 23.6 Å². The maximum Gasteiger partial charge on any atom is 0.272 e. The standard InChI is InChI=1S/C36H28N4O5S2/c1-44-26-17-18-29-31(22-26)47-36(39-29)40-35(43)32(23-10-4-2-5-11-23)46-28-16-8-14-25(20-28)37-34(42)30(21-27-15-9-19-45-27)38-33(41)24-12-6-3-7-13-24/h2-22,32H,1H3,(H,37,42)(H,38,41)(H,39,40,43)/b30-21-. The molecule has 4 aromatic carbocycles. The van der Waals surface area contributed by atoms with Gasteiger partial charge >= 0.3 is 0 Å². The van der Waals surface area contributed by atoms with Crippen LogP contribution < -0.4 is 20.7 Å². The molecule has 0 bridgehead atoms. The maximum absolute atomic E-state index is 13.7. The van der Waals surface area contributed by atoms with Crippen molar-refractivity contribution in [2.45, 2.75) is 10.1 Å². The topological polar surface area (TPSA) is 123 Å². The Balaban J connectivity index is 1.21. The van der Waals surface area contributed by atoms with Gasteiger partial charge in [-0.3, -0.25) is 14.4 Å². The second-order valence-electron chi connectivity index (χ2n) is 10.1. The molecule has 11 heteroatoms. The summed E-state index contributed by atoms with van der Waals surface area (Å²) in [6, 6.07) is 34.2. The van der Waals surface area contributed by atoms with Crippen LogP contribution in [0.5, 0.6) is 5.75 Å². The molecule has 0 aliphatic carbocycles. The number of aromatic nitrogens is 1. The van der Waals surface area contributed by atoms with Crippen molar-refractivity contribution in [3.63, 3.8) is 0 Å². The number of thioether (sulfide) groups is 1. The number of amides is 3. The van der Waals surface area contributed by atoms with Gasteiger partial charge in [0.25, 0.3) is 11.8 Å². The van der Waals surface area contributed by atoms with E-state index in [-0.39, 0.29) is 11.6 Å². The number of fused-ring (bicyclic) bond motifs is 1. The molecule has 1 atom stereocenters. The van der Waals surface area contributed by atoms with E-state index in [0.29, 0.717) is 27.9 Å². The van der Waals surface area contributed by atoms with Gasteiger partial charge in [-0.1, -0.05) is 65.9 Å². The number of furan rings is 1. The Hall–Kier alpha value is -5.65.